The molecule has 0 N–H and O–H groups in total. The van der Waals surface area contributed by atoms with E-state index in [2.05, 4.69) is 5.16 Å². The van der Waals surface area contributed by atoms with Gasteiger partial charge in [0.25, 0.3) is 5.69 Å². The highest BCUT2D eigenvalue weighted by molar-refractivity contribution is 5.73. The summed E-state index contributed by atoms with van der Waals surface area (Å²) in [7, 11) is 0. The normalized spacial score (nSPS) is 10.2. The number of nitro benzene ring substituents is 1. The molecule has 0 saturated heterocycles. The van der Waals surface area contributed by atoms with Crippen LogP contribution in [0.4, 0.5) is 5.69 Å². The first kappa shape index (κ1) is 9.39. The molecule has 1 aromatic heterocycles. The summed E-state index contributed by atoms with van der Waals surface area (Å²) in [5.41, 5.74) is 1.24. The van der Waals surface area contributed by atoms with Crippen molar-refractivity contribution in [3.05, 3.63) is 46.3 Å². The smallest absolute Gasteiger partial charge is 0.277 e. The van der Waals surface area contributed by atoms with Crippen molar-refractivity contribution in [2.75, 3.05) is 0 Å². The van der Waals surface area contributed by atoms with Gasteiger partial charge < -0.3 is 4.52 Å². The number of benzene rings is 1. The maximum Gasteiger partial charge on any atom is 0.277 e. The van der Waals surface area contributed by atoms with Crippen LogP contribution in [0.1, 0.15) is 5.76 Å². The quantitative estimate of drug-likeness (QED) is 0.556. The lowest BCUT2D eigenvalue weighted by Crippen LogP contribution is -1.91. The van der Waals surface area contributed by atoms with E-state index in [1.807, 2.05) is 0 Å². The number of aromatic nitrogens is 1. The van der Waals surface area contributed by atoms with Gasteiger partial charge in [0.05, 0.1) is 22.2 Å². The second kappa shape index (κ2) is 3.53. The van der Waals surface area contributed by atoms with Crippen molar-refractivity contribution < 1.29 is 9.45 Å². The van der Waals surface area contributed by atoms with Gasteiger partial charge in [-0.25, -0.2) is 0 Å². The number of aryl methyl sites for hydroxylation is 1. The molecule has 1 aromatic carbocycles. The maximum absolute atomic E-state index is 10.8. The van der Waals surface area contributed by atoms with Crippen LogP contribution in [0.15, 0.2) is 35.0 Å². The van der Waals surface area contributed by atoms with Crippen molar-refractivity contribution in [1.82, 2.24) is 5.16 Å². The van der Waals surface area contributed by atoms with Gasteiger partial charge >= 0.3 is 0 Å². The molecule has 0 fully saturated rings. The van der Waals surface area contributed by atoms with Gasteiger partial charge in [-0.05, 0) is 13.0 Å². The molecule has 2 aromatic rings. The minimum absolute atomic E-state index is 0.0591. The molecule has 0 amide bonds. The highest BCUT2D eigenvalue weighted by atomic mass is 16.6. The summed E-state index contributed by atoms with van der Waals surface area (Å²) in [6, 6.07) is 6.51. The second-order valence-corrected chi connectivity index (χ2v) is 3.07. The summed E-state index contributed by atoms with van der Waals surface area (Å²) in [6.07, 6.45) is 1.48. The Morgan fingerprint density at radius 3 is 2.67 bits per heavy atom. The molecule has 0 bridgehead atoms. The SMILES string of the molecule is Cc1oncc1-c1ccccc1[N+](=O)[O-]. The molecular formula is C10H8N2O3. The summed E-state index contributed by atoms with van der Waals surface area (Å²) in [5, 5.41) is 14.4. The van der Waals surface area contributed by atoms with Crippen molar-refractivity contribution in [2.24, 2.45) is 0 Å². The second-order valence-electron chi connectivity index (χ2n) is 3.07. The van der Waals surface area contributed by atoms with Crippen LogP contribution >= 0.6 is 0 Å². The first-order valence-corrected chi connectivity index (χ1v) is 4.35. The van der Waals surface area contributed by atoms with Crippen molar-refractivity contribution in [3.8, 4) is 11.1 Å². The highest BCUT2D eigenvalue weighted by Crippen LogP contribution is 2.31. The standard InChI is InChI=1S/C10H8N2O3/c1-7-9(6-11-15-7)8-4-2-3-5-10(8)12(13)14/h2-6H,1H3. The summed E-state index contributed by atoms with van der Waals surface area (Å²) in [5.74, 6) is 0.573. The zero-order valence-corrected chi connectivity index (χ0v) is 8.01. The fourth-order valence-electron chi connectivity index (χ4n) is 1.42. The molecule has 0 atom stereocenters. The zero-order valence-electron chi connectivity index (χ0n) is 8.01. The van der Waals surface area contributed by atoms with Crippen LogP contribution in [0.5, 0.6) is 0 Å². The Labute approximate surface area is 85.5 Å². The lowest BCUT2D eigenvalue weighted by Gasteiger charge is -1.99. The molecule has 0 spiro atoms. The molecule has 2 rings (SSSR count). The largest absolute Gasteiger partial charge is 0.361 e. The van der Waals surface area contributed by atoms with E-state index in [1.165, 1.54) is 12.3 Å². The number of nitro groups is 1. The predicted octanol–water partition coefficient (Wildman–Crippen LogP) is 2.56. The van der Waals surface area contributed by atoms with E-state index in [0.29, 0.717) is 16.9 Å². The Bertz CT molecular complexity index is 505. The Hall–Kier alpha value is -2.17. The Kier molecular flexibility index (Phi) is 2.21. The van der Waals surface area contributed by atoms with E-state index in [4.69, 9.17) is 4.52 Å². The lowest BCUT2D eigenvalue weighted by molar-refractivity contribution is -0.384. The van der Waals surface area contributed by atoms with Crippen molar-refractivity contribution >= 4 is 5.69 Å². The molecule has 0 saturated carbocycles. The molecule has 5 nitrogen and oxygen atoms in total. The van der Waals surface area contributed by atoms with Gasteiger partial charge in [0.15, 0.2) is 0 Å². The van der Waals surface area contributed by atoms with Crippen molar-refractivity contribution in [1.29, 1.82) is 0 Å². The van der Waals surface area contributed by atoms with Gasteiger partial charge in [0, 0.05) is 6.07 Å². The van der Waals surface area contributed by atoms with E-state index in [9.17, 15) is 10.1 Å². The summed E-state index contributed by atoms with van der Waals surface area (Å²) in [6.45, 7) is 1.72. The van der Waals surface area contributed by atoms with E-state index >= 15 is 0 Å². The fourth-order valence-corrected chi connectivity index (χ4v) is 1.42. The van der Waals surface area contributed by atoms with Gasteiger partial charge in [0.1, 0.15) is 5.76 Å². The van der Waals surface area contributed by atoms with Gasteiger partial charge in [-0.3, -0.25) is 10.1 Å². The van der Waals surface area contributed by atoms with E-state index in [-0.39, 0.29) is 5.69 Å². The van der Waals surface area contributed by atoms with E-state index in [1.54, 1.807) is 25.1 Å². The summed E-state index contributed by atoms with van der Waals surface area (Å²) < 4.78 is 4.88. The van der Waals surface area contributed by atoms with Gasteiger partial charge in [-0.2, -0.15) is 0 Å². The number of para-hydroxylation sites is 1. The molecule has 0 radical (unpaired) electrons. The number of hydrogen-bond acceptors (Lipinski definition) is 4. The zero-order chi connectivity index (χ0) is 10.8. The third-order valence-corrected chi connectivity index (χ3v) is 2.14. The lowest BCUT2D eigenvalue weighted by atomic mass is 10.1. The van der Waals surface area contributed by atoms with Crippen molar-refractivity contribution in [3.63, 3.8) is 0 Å². The maximum atomic E-state index is 10.8. The van der Waals surface area contributed by atoms with Gasteiger partial charge in [-0.1, -0.05) is 17.3 Å². The Morgan fingerprint density at radius 1 is 1.33 bits per heavy atom. The van der Waals surface area contributed by atoms with Crippen LogP contribution in [0, 0.1) is 17.0 Å². The first-order valence-electron chi connectivity index (χ1n) is 4.35. The first-order chi connectivity index (χ1) is 7.20. The summed E-state index contributed by atoms with van der Waals surface area (Å²) >= 11 is 0. The van der Waals surface area contributed by atoms with Crippen LogP contribution in [-0.4, -0.2) is 10.1 Å². The fraction of sp³-hybridized carbons (Fsp3) is 0.100. The molecule has 5 heteroatoms. The minimum atomic E-state index is -0.415. The highest BCUT2D eigenvalue weighted by Gasteiger charge is 2.17. The summed E-state index contributed by atoms with van der Waals surface area (Å²) in [4.78, 5) is 10.4. The third kappa shape index (κ3) is 1.59. The Balaban J connectivity index is 2.63. The van der Waals surface area contributed by atoms with Gasteiger partial charge in [0.2, 0.25) is 0 Å². The molecular weight excluding hydrogens is 196 g/mol. The number of nitrogens with zero attached hydrogens (tertiary/aromatic N) is 2. The monoisotopic (exact) mass is 204 g/mol. The molecule has 1 heterocycles. The number of rotatable bonds is 2. The van der Waals surface area contributed by atoms with Crippen LogP contribution in [0.3, 0.4) is 0 Å². The minimum Gasteiger partial charge on any atom is -0.361 e. The Morgan fingerprint density at radius 2 is 2.07 bits per heavy atom. The van der Waals surface area contributed by atoms with E-state index < -0.39 is 4.92 Å². The average Bonchev–Trinajstić information content (AvgIpc) is 2.64. The third-order valence-electron chi connectivity index (χ3n) is 2.14. The van der Waals surface area contributed by atoms with Crippen molar-refractivity contribution in [2.45, 2.75) is 6.92 Å². The predicted molar refractivity (Wildman–Crippen MR) is 53.3 cm³/mol. The topological polar surface area (TPSA) is 69.2 Å². The van der Waals surface area contributed by atoms with Crippen LogP contribution < -0.4 is 0 Å². The average molecular weight is 204 g/mol. The molecule has 0 aliphatic rings. The van der Waals surface area contributed by atoms with Crippen LogP contribution in [0.25, 0.3) is 11.1 Å². The van der Waals surface area contributed by atoms with Gasteiger partial charge in [-0.15, -0.1) is 0 Å². The van der Waals surface area contributed by atoms with Crippen LogP contribution in [-0.2, 0) is 0 Å². The number of hydrogen-bond donors (Lipinski definition) is 0. The molecule has 0 unspecified atom stereocenters. The molecule has 76 valence electrons. The molecule has 15 heavy (non-hydrogen) atoms. The molecule has 0 aliphatic heterocycles. The van der Waals surface area contributed by atoms with E-state index in [0.717, 1.165) is 0 Å². The molecule has 0 aliphatic carbocycles. The van der Waals surface area contributed by atoms with Crippen LogP contribution in [0.2, 0.25) is 0 Å².